The number of aromatic nitrogens is 1. The van der Waals surface area contributed by atoms with Crippen LogP contribution in [-0.2, 0) is 0 Å². The Morgan fingerprint density at radius 2 is 2.24 bits per heavy atom. The van der Waals surface area contributed by atoms with Gasteiger partial charge in [0.15, 0.2) is 0 Å². The fourth-order valence-corrected chi connectivity index (χ4v) is 1.73. The summed E-state index contributed by atoms with van der Waals surface area (Å²) in [5.74, 6) is 4.21. The first-order chi connectivity index (χ1) is 10.1. The van der Waals surface area contributed by atoms with Crippen molar-refractivity contribution in [2.45, 2.75) is 6.92 Å². The van der Waals surface area contributed by atoms with Crippen LogP contribution in [0.4, 0.5) is 10.1 Å². The van der Waals surface area contributed by atoms with Crippen molar-refractivity contribution in [3.63, 3.8) is 0 Å². The molecular weight excluding hydrogens is 269 g/mol. The van der Waals surface area contributed by atoms with Gasteiger partial charge in [0.1, 0.15) is 5.82 Å². The van der Waals surface area contributed by atoms with Crippen LogP contribution in [0.3, 0.4) is 0 Å². The molecule has 0 saturated heterocycles. The summed E-state index contributed by atoms with van der Waals surface area (Å²) in [4.78, 5) is 16.0. The molecule has 2 aromatic rings. The maximum atomic E-state index is 14.0. The third-order valence-electron chi connectivity index (χ3n) is 2.82. The molecule has 5 heteroatoms. The van der Waals surface area contributed by atoms with E-state index in [0.29, 0.717) is 11.3 Å². The average molecular weight is 283 g/mol. The van der Waals surface area contributed by atoms with Crippen LogP contribution in [0.2, 0.25) is 0 Å². The molecule has 3 N–H and O–H groups in total. The molecule has 0 unspecified atom stereocenters. The van der Waals surface area contributed by atoms with E-state index in [1.54, 1.807) is 24.5 Å². The summed E-state index contributed by atoms with van der Waals surface area (Å²) in [6.45, 7) is 2.01. The normalized spacial score (nSPS) is 9.67. The van der Waals surface area contributed by atoms with Gasteiger partial charge < -0.3 is 11.1 Å². The highest BCUT2D eigenvalue weighted by molar-refractivity contribution is 6.04. The summed E-state index contributed by atoms with van der Waals surface area (Å²) in [7, 11) is 0. The summed E-state index contributed by atoms with van der Waals surface area (Å²) in [6, 6.07) is 5.87. The van der Waals surface area contributed by atoms with Crippen LogP contribution in [0.5, 0.6) is 0 Å². The number of carbonyl (C=O) groups is 1. The van der Waals surface area contributed by atoms with E-state index in [1.165, 1.54) is 12.1 Å². The molecule has 0 radical (unpaired) electrons. The molecule has 106 valence electrons. The van der Waals surface area contributed by atoms with Crippen LogP contribution in [0, 0.1) is 24.6 Å². The summed E-state index contributed by atoms with van der Waals surface area (Å²) < 4.78 is 14.0. The molecule has 0 aliphatic carbocycles. The number of halogens is 1. The molecule has 0 bridgehead atoms. The van der Waals surface area contributed by atoms with Crippen molar-refractivity contribution in [2.75, 3.05) is 11.9 Å². The van der Waals surface area contributed by atoms with Gasteiger partial charge in [-0.25, -0.2) is 4.39 Å². The number of rotatable bonds is 2. The van der Waals surface area contributed by atoms with Crippen molar-refractivity contribution in [3.8, 4) is 11.8 Å². The van der Waals surface area contributed by atoms with E-state index < -0.39 is 11.7 Å². The monoisotopic (exact) mass is 283 g/mol. The minimum Gasteiger partial charge on any atom is -0.322 e. The number of anilines is 1. The van der Waals surface area contributed by atoms with E-state index in [2.05, 4.69) is 22.1 Å². The zero-order valence-electron chi connectivity index (χ0n) is 11.5. The third-order valence-corrected chi connectivity index (χ3v) is 2.82. The zero-order valence-corrected chi connectivity index (χ0v) is 11.5. The Kier molecular flexibility index (Phi) is 4.64. The standard InChI is InChI=1S/C16H14FN3O/c1-11-10-19-8-6-15(11)20-16(21)13-5-4-12(3-2-7-18)9-14(13)17/h4-6,8-10H,7,18H2,1H3,(H,19,20,21). The molecule has 4 nitrogen and oxygen atoms in total. The van der Waals surface area contributed by atoms with Gasteiger partial charge in [0.05, 0.1) is 12.1 Å². The van der Waals surface area contributed by atoms with Crippen LogP contribution in [0.15, 0.2) is 36.7 Å². The maximum Gasteiger partial charge on any atom is 0.258 e. The molecule has 1 heterocycles. The van der Waals surface area contributed by atoms with Crippen molar-refractivity contribution in [1.82, 2.24) is 4.98 Å². The number of hydrogen-bond donors (Lipinski definition) is 2. The molecular formula is C16H14FN3O. The van der Waals surface area contributed by atoms with Gasteiger partial charge in [0, 0.05) is 23.6 Å². The summed E-state index contributed by atoms with van der Waals surface area (Å²) >= 11 is 0. The maximum absolute atomic E-state index is 14.0. The van der Waals surface area contributed by atoms with Crippen molar-refractivity contribution in [2.24, 2.45) is 5.73 Å². The number of amides is 1. The van der Waals surface area contributed by atoms with Crippen molar-refractivity contribution >= 4 is 11.6 Å². The molecule has 1 aromatic carbocycles. The van der Waals surface area contributed by atoms with Gasteiger partial charge in [-0.15, -0.1) is 0 Å². The molecule has 0 atom stereocenters. The van der Waals surface area contributed by atoms with Gasteiger partial charge in [-0.2, -0.15) is 0 Å². The molecule has 1 aromatic heterocycles. The van der Waals surface area contributed by atoms with Crippen molar-refractivity contribution < 1.29 is 9.18 Å². The van der Waals surface area contributed by atoms with Crippen LogP contribution < -0.4 is 11.1 Å². The first-order valence-electron chi connectivity index (χ1n) is 6.32. The predicted molar refractivity (Wildman–Crippen MR) is 79.3 cm³/mol. The number of pyridine rings is 1. The number of hydrogen-bond acceptors (Lipinski definition) is 3. The lowest BCUT2D eigenvalue weighted by Crippen LogP contribution is -2.14. The molecule has 0 spiro atoms. The first-order valence-corrected chi connectivity index (χ1v) is 6.32. The van der Waals surface area contributed by atoms with Gasteiger partial charge in [0.2, 0.25) is 0 Å². The minimum absolute atomic E-state index is 0.0375. The predicted octanol–water partition coefficient (Wildman–Crippen LogP) is 2.09. The second-order valence-corrected chi connectivity index (χ2v) is 4.35. The smallest absolute Gasteiger partial charge is 0.258 e. The number of nitrogens with one attached hydrogen (secondary N) is 1. The fraction of sp³-hybridized carbons (Fsp3) is 0.125. The Morgan fingerprint density at radius 1 is 1.43 bits per heavy atom. The Bertz CT molecular complexity index is 732. The first kappa shape index (κ1) is 14.7. The number of carbonyl (C=O) groups excluding carboxylic acids is 1. The zero-order chi connectivity index (χ0) is 15.2. The molecule has 21 heavy (non-hydrogen) atoms. The van der Waals surface area contributed by atoms with Crippen LogP contribution in [0.1, 0.15) is 21.5 Å². The van der Waals surface area contributed by atoms with E-state index >= 15 is 0 Å². The summed E-state index contributed by atoms with van der Waals surface area (Å²) in [6.07, 6.45) is 3.18. The van der Waals surface area contributed by atoms with E-state index in [-0.39, 0.29) is 12.1 Å². The van der Waals surface area contributed by atoms with Gasteiger partial charge in [0.25, 0.3) is 5.91 Å². The van der Waals surface area contributed by atoms with Gasteiger partial charge in [-0.05, 0) is 36.8 Å². The minimum atomic E-state index is -0.622. The number of aryl methyl sites for hydroxylation is 1. The van der Waals surface area contributed by atoms with Crippen molar-refractivity contribution in [1.29, 1.82) is 0 Å². The Balaban J connectivity index is 2.22. The second-order valence-electron chi connectivity index (χ2n) is 4.35. The van der Waals surface area contributed by atoms with Crippen molar-refractivity contribution in [3.05, 3.63) is 59.2 Å². The van der Waals surface area contributed by atoms with Gasteiger partial charge >= 0.3 is 0 Å². The SMILES string of the molecule is Cc1cnccc1NC(=O)c1ccc(C#CCN)cc1F. The third kappa shape index (κ3) is 3.65. The van der Waals surface area contributed by atoms with E-state index in [1.807, 2.05) is 6.92 Å². The number of nitrogens with two attached hydrogens (primary N) is 1. The van der Waals surface area contributed by atoms with E-state index in [4.69, 9.17) is 5.73 Å². The summed E-state index contributed by atoms with van der Waals surface area (Å²) in [5.41, 5.74) is 7.10. The second kappa shape index (κ2) is 6.64. The highest BCUT2D eigenvalue weighted by Gasteiger charge is 2.13. The summed E-state index contributed by atoms with van der Waals surface area (Å²) in [5, 5.41) is 2.65. The largest absolute Gasteiger partial charge is 0.322 e. The van der Waals surface area contributed by atoms with Crippen LogP contribution in [0.25, 0.3) is 0 Å². The molecule has 1 amide bonds. The number of nitrogens with zero attached hydrogens (tertiary/aromatic N) is 1. The van der Waals surface area contributed by atoms with Gasteiger partial charge in [-0.1, -0.05) is 11.8 Å². The van der Waals surface area contributed by atoms with Crippen LogP contribution >= 0.6 is 0 Å². The fourth-order valence-electron chi connectivity index (χ4n) is 1.73. The molecule has 0 saturated carbocycles. The van der Waals surface area contributed by atoms with E-state index in [0.717, 1.165) is 5.56 Å². The highest BCUT2D eigenvalue weighted by Crippen LogP contribution is 2.15. The van der Waals surface area contributed by atoms with E-state index in [9.17, 15) is 9.18 Å². The lowest BCUT2D eigenvalue weighted by molar-refractivity contribution is 0.102. The lowest BCUT2D eigenvalue weighted by Gasteiger charge is -2.08. The number of benzene rings is 1. The molecule has 0 fully saturated rings. The highest BCUT2D eigenvalue weighted by atomic mass is 19.1. The Morgan fingerprint density at radius 3 is 2.90 bits per heavy atom. The van der Waals surface area contributed by atoms with Gasteiger partial charge in [-0.3, -0.25) is 9.78 Å². The molecule has 0 aliphatic rings. The average Bonchev–Trinajstić information content (AvgIpc) is 2.47. The quantitative estimate of drug-likeness (QED) is 0.829. The Hall–Kier alpha value is -2.71. The Labute approximate surface area is 122 Å². The molecule has 2 rings (SSSR count). The molecule has 0 aliphatic heterocycles. The topological polar surface area (TPSA) is 68.0 Å². The van der Waals surface area contributed by atoms with Crippen LogP contribution in [-0.4, -0.2) is 17.4 Å². The lowest BCUT2D eigenvalue weighted by atomic mass is 10.1.